The van der Waals surface area contributed by atoms with Gasteiger partial charge in [-0.15, -0.1) is 11.3 Å². The summed E-state index contributed by atoms with van der Waals surface area (Å²) in [7, 11) is 0. The van der Waals surface area contributed by atoms with Crippen molar-refractivity contribution >= 4 is 17.3 Å². The summed E-state index contributed by atoms with van der Waals surface area (Å²) >= 11 is 1.45. The van der Waals surface area contributed by atoms with Crippen molar-refractivity contribution in [2.45, 2.75) is 37.9 Å². The highest BCUT2D eigenvalue weighted by molar-refractivity contribution is 7.09. The zero-order valence-corrected chi connectivity index (χ0v) is 16.1. The zero-order valence-electron chi connectivity index (χ0n) is 15.3. The molecule has 1 aliphatic carbocycles. The predicted molar refractivity (Wildman–Crippen MR) is 105 cm³/mol. The van der Waals surface area contributed by atoms with E-state index in [2.05, 4.69) is 4.98 Å². The number of carbonyl (C=O) groups excluding carboxylic acids is 1. The second kappa shape index (κ2) is 8.10. The first-order chi connectivity index (χ1) is 13.7. The topological polar surface area (TPSA) is 48.4 Å². The summed E-state index contributed by atoms with van der Waals surface area (Å²) in [5, 5.41) is 2.64. The van der Waals surface area contributed by atoms with E-state index in [9.17, 15) is 9.18 Å². The minimum absolute atomic E-state index is 0.153. The van der Waals surface area contributed by atoms with Crippen molar-refractivity contribution in [3.8, 4) is 5.75 Å². The highest BCUT2D eigenvalue weighted by Gasteiger charge is 2.47. The average Bonchev–Trinajstić information content (AvgIpc) is 3.14. The molecule has 6 heteroatoms. The van der Waals surface area contributed by atoms with Crippen molar-refractivity contribution < 1.29 is 18.7 Å². The lowest BCUT2D eigenvalue weighted by Crippen LogP contribution is -2.43. The van der Waals surface area contributed by atoms with Gasteiger partial charge in [0.15, 0.2) is 0 Å². The Hall–Kier alpha value is -2.73. The lowest BCUT2D eigenvalue weighted by Gasteiger charge is -2.39. The Labute approximate surface area is 167 Å². The molecule has 1 fully saturated rings. The van der Waals surface area contributed by atoms with Gasteiger partial charge in [0.05, 0.1) is 11.1 Å². The smallest absolute Gasteiger partial charge is 0.316 e. The van der Waals surface area contributed by atoms with Gasteiger partial charge in [-0.25, -0.2) is 9.37 Å². The molecule has 1 aromatic heterocycles. The molecule has 0 radical (unpaired) electrons. The monoisotopic (exact) mass is 397 g/mol. The fourth-order valence-electron chi connectivity index (χ4n) is 3.33. The number of halogens is 1. The molecule has 0 amide bonds. The van der Waals surface area contributed by atoms with Crippen LogP contribution in [-0.4, -0.2) is 11.0 Å². The molecule has 3 aromatic rings. The van der Waals surface area contributed by atoms with Crippen LogP contribution in [0.3, 0.4) is 0 Å². The van der Waals surface area contributed by atoms with E-state index in [1.807, 2.05) is 35.7 Å². The number of nitrogens with zero attached hydrogens (tertiary/aromatic N) is 1. The summed E-state index contributed by atoms with van der Waals surface area (Å²) in [6.45, 7) is 0.443. The van der Waals surface area contributed by atoms with Gasteiger partial charge in [0, 0.05) is 5.38 Å². The molecule has 4 rings (SSSR count). The van der Waals surface area contributed by atoms with Crippen molar-refractivity contribution in [2.75, 3.05) is 0 Å². The quantitative estimate of drug-likeness (QED) is 0.525. The summed E-state index contributed by atoms with van der Waals surface area (Å²) in [5.74, 6) is 0.104. The first-order valence-electron chi connectivity index (χ1n) is 9.20. The number of thiazole rings is 1. The third kappa shape index (κ3) is 3.92. The van der Waals surface area contributed by atoms with Gasteiger partial charge in [0.2, 0.25) is 0 Å². The van der Waals surface area contributed by atoms with E-state index < -0.39 is 5.41 Å². The van der Waals surface area contributed by atoms with Crippen molar-refractivity contribution in [2.24, 2.45) is 0 Å². The minimum atomic E-state index is -0.508. The number of hydrogen-bond donors (Lipinski definition) is 0. The van der Waals surface area contributed by atoms with Crippen LogP contribution in [0.4, 0.5) is 4.39 Å². The third-order valence-corrected chi connectivity index (χ3v) is 5.92. The Kier molecular flexibility index (Phi) is 5.39. The molecule has 0 atom stereocenters. The Balaban J connectivity index is 1.33. The Morgan fingerprint density at radius 3 is 2.50 bits per heavy atom. The van der Waals surface area contributed by atoms with Crippen LogP contribution in [0.25, 0.3) is 0 Å². The first-order valence-corrected chi connectivity index (χ1v) is 10.1. The van der Waals surface area contributed by atoms with Crippen molar-refractivity contribution in [3.63, 3.8) is 0 Å². The fraction of sp³-hybridized carbons (Fsp3) is 0.273. The highest BCUT2D eigenvalue weighted by Crippen LogP contribution is 2.44. The van der Waals surface area contributed by atoms with E-state index in [0.717, 1.165) is 29.8 Å². The van der Waals surface area contributed by atoms with Crippen LogP contribution in [0.1, 0.15) is 35.5 Å². The molecule has 28 heavy (non-hydrogen) atoms. The highest BCUT2D eigenvalue weighted by atomic mass is 32.1. The van der Waals surface area contributed by atoms with Crippen LogP contribution in [-0.2, 0) is 28.2 Å². The van der Waals surface area contributed by atoms with E-state index in [4.69, 9.17) is 9.47 Å². The van der Waals surface area contributed by atoms with Gasteiger partial charge in [-0.05, 0) is 42.7 Å². The van der Waals surface area contributed by atoms with Gasteiger partial charge < -0.3 is 9.47 Å². The van der Waals surface area contributed by atoms with E-state index in [1.54, 1.807) is 12.1 Å². The van der Waals surface area contributed by atoms with Gasteiger partial charge in [-0.3, -0.25) is 4.79 Å². The molecule has 144 valence electrons. The Morgan fingerprint density at radius 2 is 1.82 bits per heavy atom. The second-order valence-electron chi connectivity index (χ2n) is 6.85. The molecule has 2 aromatic carbocycles. The van der Waals surface area contributed by atoms with Gasteiger partial charge in [0.25, 0.3) is 0 Å². The van der Waals surface area contributed by atoms with Crippen LogP contribution < -0.4 is 4.74 Å². The van der Waals surface area contributed by atoms with Crippen LogP contribution in [0.2, 0.25) is 0 Å². The molecule has 0 bridgehead atoms. The second-order valence-corrected chi connectivity index (χ2v) is 7.80. The van der Waals surface area contributed by atoms with Crippen LogP contribution in [0, 0.1) is 5.82 Å². The summed E-state index contributed by atoms with van der Waals surface area (Å²) in [5.41, 5.74) is 1.22. The third-order valence-electron chi connectivity index (χ3n) is 5.05. The Bertz CT molecular complexity index is 936. The number of ether oxygens (including phenoxy) is 2. The molecule has 4 nitrogen and oxygen atoms in total. The van der Waals surface area contributed by atoms with E-state index >= 15 is 0 Å². The fourth-order valence-corrected chi connectivity index (χ4v) is 4.02. The molecule has 1 saturated carbocycles. The molecular weight excluding hydrogens is 377 g/mol. The molecule has 0 N–H and O–H groups in total. The van der Waals surface area contributed by atoms with Gasteiger partial charge in [0.1, 0.15) is 29.8 Å². The summed E-state index contributed by atoms with van der Waals surface area (Å²) in [6, 6.07) is 15.7. The lowest BCUT2D eigenvalue weighted by atomic mass is 9.64. The molecule has 0 saturated heterocycles. The molecular formula is C22H20FNO3S. The van der Waals surface area contributed by atoms with Crippen LogP contribution in [0.5, 0.6) is 5.75 Å². The SMILES string of the molecule is O=C(OCc1csc(COc2ccc(F)cc2)n1)C1(c2ccccc2)CCC1. The maximum atomic E-state index is 12.9. The minimum Gasteiger partial charge on any atom is -0.486 e. The number of benzene rings is 2. The van der Waals surface area contributed by atoms with Gasteiger partial charge >= 0.3 is 5.97 Å². The molecule has 1 aliphatic rings. The van der Waals surface area contributed by atoms with Crippen molar-refractivity contribution in [3.05, 3.63) is 82.1 Å². The number of carbonyl (C=O) groups is 1. The average molecular weight is 397 g/mol. The molecule has 0 unspecified atom stereocenters. The van der Waals surface area contributed by atoms with Gasteiger partial charge in [-0.2, -0.15) is 0 Å². The maximum absolute atomic E-state index is 12.9. The summed E-state index contributed by atoms with van der Waals surface area (Å²) < 4.78 is 24.1. The zero-order chi connectivity index (χ0) is 19.4. The number of aromatic nitrogens is 1. The standard InChI is InChI=1S/C22H20FNO3S/c23-17-7-9-19(10-8-17)26-14-20-24-18(15-28-20)13-27-21(25)22(11-4-12-22)16-5-2-1-3-6-16/h1-3,5-10,15H,4,11-14H2. The molecule has 1 heterocycles. The van der Waals surface area contributed by atoms with Crippen molar-refractivity contribution in [1.29, 1.82) is 0 Å². The lowest BCUT2D eigenvalue weighted by molar-refractivity contribution is -0.156. The van der Waals surface area contributed by atoms with E-state index in [-0.39, 0.29) is 25.0 Å². The number of hydrogen-bond acceptors (Lipinski definition) is 5. The predicted octanol–water partition coefficient (Wildman–Crippen LogP) is 5.03. The van der Waals surface area contributed by atoms with E-state index in [0.29, 0.717) is 11.4 Å². The summed E-state index contributed by atoms with van der Waals surface area (Å²) in [4.78, 5) is 17.2. The van der Waals surface area contributed by atoms with Crippen molar-refractivity contribution in [1.82, 2.24) is 4.98 Å². The van der Waals surface area contributed by atoms with E-state index in [1.165, 1.54) is 23.5 Å². The molecule has 0 aliphatic heterocycles. The number of rotatable bonds is 7. The maximum Gasteiger partial charge on any atom is 0.316 e. The number of esters is 1. The van der Waals surface area contributed by atoms with Gasteiger partial charge in [-0.1, -0.05) is 36.8 Å². The first kappa shape index (κ1) is 18.6. The summed E-state index contributed by atoms with van der Waals surface area (Å²) in [6.07, 6.45) is 2.68. The normalized spacial score (nSPS) is 14.9. The Morgan fingerprint density at radius 1 is 1.07 bits per heavy atom. The van der Waals surface area contributed by atoms with Crippen LogP contribution in [0.15, 0.2) is 60.0 Å². The van der Waals surface area contributed by atoms with Crippen LogP contribution >= 0.6 is 11.3 Å². The largest absolute Gasteiger partial charge is 0.486 e. The molecule has 0 spiro atoms.